The fourth-order valence-electron chi connectivity index (χ4n) is 3.28. The number of ether oxygens (including phenoxy) is 4. The molecule has 0 radical (unpaired) electrons. The number of nitrogens with zero attached hydrogens (tertiary/aromatic N) is 3. The number of rotatable bonds is 9. The van der Waals surface area contributed by atoms with Gasteiger partial charge in [-0.25, -0.2) is 4.98 Å². The molecule has 0 aliphatic carbocycles. The van der Waals surface area contributed by atoms with Gasteiger partial charge in [-0.3, -0.25) is 4.79 Å². The molecule has 0 spiro atoms. The molecule has 1 amide bonds. The van der Waals surface area contributed by atoms with Crippen molar-refractivity contribution in [1.82, 2.24) is 14.8 Å². The maximum atomic E-state index is 12.6. The average Bonchev–Trinajstić information content (AvgIpc) is 3.49. The summed E-state index contributed by atoms with van der Waals surface area (Å²) < 4.78 is 23.2. The summed E-state index contributed by atoms with van der Waals surface area (Å²) in [5.41, 5.74) is 2.37. The summed E-state index contributed by atoms with van der Waals surface area (Å²) in [7, 11) is 4.73. The Hall–Kier alpha value is -4.05. The number of hydrogen-bond acceptors (Lipinski definition) is 8. The number of anilines is 1. The van der Waals surface area contributed by atoms with E-state index in [4.69, 9.17) is 23.9 Å². The molecular formula is C24H24N4O5S. The fourth-order valence-corrected chi connectivity index (χ4v) is 4.08. The van der Waals surface area contributed by atoms with Gasteiger partial charge < -0.3 is 24.3 Å². The van der Waals surface area contributed by atoms with Crippen LogP contribution in [0.1, 0.15) is 5.69 Å². The SMILES string of the molecule is COc1ccc(-c2csc(-n3nc(C)cc3NC(=O)COc3ccccc3OC)n2)cc1OC. The van der Waals surface area contributed by atoms with E-state index >= 15 is 0 Å². The number of methoxy groups -OCH3 is 3. The molecule has 2 heterocycles. The number of para-hydroxylation sites is 2. The Bertz CT molecular complexity index is 1300. The van der Waals surface area contributed by atoms with E-state index < -0.39 is 0 Å². The Kier molecular flexibility index (Phi) is 6.98. The van der Waals surface area contributed by atoms with E-state index in [2.05, 4.69) is 10.4 Å². The van der Waals surface area contributed by atoms with Crippen molar-refractivity contribution in [2.45, 2.75) is 6.92 Å². The van der Waals surface area contributed by atoms with Crippen molar-refractivity contribution in [2.75, 3.05) is 33.3 Å². The number of thiazole rings is 1. The molecule has 0 atom stereocenters. The summed E-state index contributed by atoms with van der Waals surface area (Å²) >= 11 is 1.41. The molecule has 0 saturated heterocycles. The summed E-state index contributed by atoms with van der Waals surface area (Å²) in [6.45, 7) is 1.67. The Morgan fingerprint density at radius 1 is 0.971 bits per heavy atom. The number of carbonyl (C=O) groups excluding carboxylic acids is 1. The smallest absolute Gasteiger partial charge is 0.263 e. The van der Waals surface area contributed by atoms with E-state index in [0.29, 0.717) is 33.9 Å². The number of aromatic nitrogens is 3. The predicted molar refractivity (Wildman–Crippen MR) is 130 cm³/mol. The molecule has 2 aromatic carbocycles. The minimum absolute atomic E-state index is 0.181. The van der Waals surface area contributed by atoms with Crippen molar-refractivity contribution in [2.24, 2.45) is 0 Å². The van der Waals surface area contributed by atoms with Crippen LogP contribution in [0.3, 0.4) is 0 Å². The molecule has 1 N–H and O–H groups in total. The monoisotopic (exact) mass is 480 g/mol. The van der Waals surface area contributed by atoms with Gasteiger partial charge >= 0.3 is 0 Å². The lowest BCUT2D eigenvalue weighted by Crippen LogP contribution is -2.22. The van der Waals surface area contributed by atoms with Gasteiger partial charge in [0.25, 0.3) is 5.91 Å². The maximum absolute atomic E-state index is 12.6. The minimum Gasteiger partial charge on any atom is -0.493 e. The van der Waals surface area contributed by atoms with Crippen LogP contribution in [-0.2, 0) is 4.79 Å². The van der Waals surface area contributed by atoms with Gasteiger partial charge in [0.2, 0.25) is 5.13 Å². The lowest BCUT2D eigenvalue weighted by molar-refractivity contribution is -0.118. The van der Waals surface area contributed by atoms with Crippen LogP contribution in [0, 0.1) is 6.92 Å². The largest absolute Gasteiger partial charge is 0.493 e. The number of aryl methyl sites for hydroxylation is 1. The van der Waals surface area contributed by atoms with E-state index in [9.17, 15) is 4.79 Å². The van der Waals surface area contributed by atoms with Gasteiger partial charge in [-0.15, -0.1) is 11.3 Å². The summed E-state index contributed by atoms with van der Waals surface area (Å²) in [5, 5.41) is 9.87. The zero-order valence-corrected chi connectivity index (χ0v) is 20.0. The highest BCUT2D eigenvalue weighted by Gasteiger charge is 2.16. The first kappa shape index (κ1) is 23.1. The van der Waals surface area contributed by atoms with Crippen molar-refractivity contribution >= 4 is 23.1 Å². The van der Waals surface area contributed by atoms with Gasteiger partial charge in [0.15, 0.2) is 29.6 Å². The molecule has 0 bridgehead atoms. The highest BCUT2D eigenvalue weighted by atomic mass is 32.1. The predicted octanol–water partition coefficient (Wildman–Crippen LogP) is 4.35. The molecule has 10 heteroatoms. The lowest BCUT2D eigenvalue weighted by atomic mass is 10.1. The summed E-state index contributed by atoms with van der Waals surface area (Å²) in [6.07, 6.45) is 0. The molecular weight excluding hydrogens is 456 g/mol. The third-order valence-electron chi connectivity index (χ3n) is 4.88. The lowest BCUT2D eigenvalue weighted by Gasteiger charge is -2.11. The number of amides is 1. The number of benzene rings is 2. The molecule has 9 nitrogen and oxygen atoms in total. The highest BCUT2D eigenvalue weighted by molar-refractivity contribution is 7.12. The van der Waals surface area contributed by atoms with E-state index in [1.807, 2.05) is 42.6 Å². The van der Waals surface area contributed by atoms with Crippen LogP contribution in [-0.4, -0.2) is 48.6 Å². The van der Waals surface area contributed by atoms with Crippen molar-refractivity contribution in [3.05, 3.63) is 59.6 Å². The molecule has 2 aromatic heterocycles. The van der Waals surface area contributed by atoms with E-state index in [1.165, 1.54) is 11.3 Å². The average molecular weight is 481 g/mol. The third-order valence-corrected chi connectivity index (χ3v) is 5.70. The Labute approximate surface area is 200 Å². The third kappa shape index (κ3) is 4.96. The molecule has 0 aliphatic heterocycles. The molecule has 0 aliphatic rings. The summed E-state index contributed by atoms with van der Waals surface area (Å²) in [5.74, 6) is 2.48. The number of carbonyl (C=O) groups is 1. The second-order valence-corrected chi connectivity index (χ2v) is 7.99. The second-order valence-electron chi connectivity index (χ2n) is 7.16. The Morgan fingerprint density at radius 2 is 1.68 bits per heavy atom. The summed E-state index contributed by atoms with van der Waals surface area (Å²) in [4.78, 5) is 17.3. The normalized spacial score (nSPS) is 10.6. The van der Waals surface area contributed by atoms with Crippen molar-refractivity contribution < 1.29 is 23.7 Å². The first-order valence-electron chi connectivity index (χ1n) is 10.3. The van der Waals surface area contributed by atoms with Crippen LogP contribution in [0.15, 0.2) is 53.9 Å². The number of hydrogen-bond donors (Lipinski definition) is 1. The van der Waals surface area contributed by atoms with Crippen LogP contribution in [0.25, 0.3) is 16.4 Å². The number of nitrogens with one attached hydrogen (secondary N) is 1. The zero-order valence-electron chi connectivity index (χ0n) is 19.2. The molecule has 4 aromatic rings. The molecule has 0 fully saturated rings. The van der Waals surface area contributed by atoms with Gasteiger partial charge in [-0.05, 0) is 37.3 Å². The fraction of sp³-hybridized carbons (Fsp3) is 0.208. The van der Waals surface area contributed by atoms with Gasteiger partial charge in [0.1, 0.15) is 5.82 Å². The highest BCUT2D eigenvalue weighted by Crippen LogP contribution is 2.33. The van der Waals surface area contributed by atoms with Crippen LogP contribution >= 0.6 is 11.3 Å². The van der Waals surface area contributed by atoms with Crippen molar-refractivity contribution in [3.8, 4) is 39.4 Å². The molecule has 4 rings (SSSR count). The van der Waals surface area contributed by atoms with E-state index in [0.717, 1.165) is 17.0 Å². The quantitative estimate of drug-likeness (QED) is 0.380. The minimum atomic E-state index is -0.330. The van der Waals surface area contributed by atoms with Crippen LogP contribution < -0.4 is 24.3 Å². The molecule has 34 heavy (non-hydrogen) atoms. The van der Waals surface area contributed by atoms with Crippen molar-refractivity contribution in [1.29, 1.82) is 0 Å². The first-order valence-corrected chi connectivity index (χ1v) is 11.2. The second kappa shape index (κ2) is 10.3. The standard InChI is InChI=1S/C24H24N4O5S/c1-15-11-22(26-23(29)13-33-20-8-6-5-7-18(20)30-2)28(27-15)24-25-17(14-34-24)16-9-10-19(31-3)21(12-16)32-4/h5-12,14H,13H2,1-4H3,(H,26,29). The van der Waals surface area contributed by atoms with Crippen LogP contribution in [0.5, 0.6) is 23.0 Å². The van der Waals surface area contributed by atoms with E-state index in [1.54, 1.807) is 44.2 Å². The first-order chi connectivity index (χ1) is 16.5. The zero-order chi connectivity index (χ0) is 24.1. The van der Waals surface area contributed by atoms with Gasteiger partial charge in [0.05, 0.1) is 32.7 Å². The topological polar surface area (TPSA) is 96.7 Å². The van der Waals surface area contributed by atoms with Crippen LogP contribution in [0.4, 0.5) is 5.82 Å². The molecule has 0 unspecified atom stereocenters. The maximum Gasteiger partial charge on any atom is 0.263 e. The van der Waals surface area contributed by atoms with Crippen molar-refractivity contribution in [3.63, 3.8) is 0 Å². The van der Waals surface area contributed by atoms with Crippen LogP contribution in [0.2, 0.25) is 0 Å². The summed E-state index contributed by atoms with van der Waals surface area (Å²) in [6, 6.07) is 14.5. The van der Waals surface area contributed by atoms with E-state index in [-0.39, 0.29) is 12.5 Å². The molecule has 176 valence electrons. The van der Waals surface area contributed by atoms with Gasteiger partial charge in [0, 0.05) is 17.0 Å². The van der Waals surface area contributed by atoms with Gasteiger partial charge in [-0.2, -0.15) is 9.78 Å². The van der Waals surface area contributed by atoms with Gasteiger partial charge in [-0.1, -0.05) is 12.1 Å². The molecule has 0 saturated carbocycles. The Morgan fingerprint density at radius 3 is 2.41 bits per heavy atom. The Balaban J connectivity index is 1.51.